The fraction of sp³-hybridized carbons (Fsp3) is 0.737. The second-order valence-electron chi connectivity index (χ2n) is 7.40. The first kappa shape index (κ1) is 17.5. The molecule has 0 bridgehead atoms. The molecule has 3 rings (SSSR count). The number of rotatable bonds is 7. The van der Waals surface area contributed by atoms with Gasteiger partial charge in [0.05, 0.1) is 12.8 Å². The molecule has 2 aliphatic rings. The maximum atomic E-state index is 12.7. The monoisotopic (exact) mass is 334 g/mol. The predicted molar refractivity (Wildman–Crippen MR) is 92.4 cm³/mol. The Labute approximate surface area is 144 Å². The maximum Gasteiger partial charge on any atom is 0.255 e. The van der Waals surface area contributed by atoms with Crippen LogP contribution in [0.15, 0.2) is 22.8 Å². The van der Waals surface area contributed by atoms with Crippen molar-refractivity contribution >= 4 is 5.91 Å². The van der Waals surface area contributed by atoms with Crippen LogP contribution in [-0.2, 0) is 11.3 Å². The normalized spacial score (nSPS) is 26.0. The highest BCUT2D eigenvalue weighted by atomic mass is 16.3. The van der Waals surface area contributed by atoms with Crippen molar-refractivity contribution in [3.8, 4) is 0 Å². The molecule has 1 amide bonds. The third kappa shape index (κ3) is 4.39. The molecule has 1 saturated carbocycles. The molecule has 1 atom stereocenters. The van der Waals surface area contributed by atoms with E-state index in [2.05, 4.69) is 5.32 Å². The zero-order valence-corrected chi connectivity index (χ0v) is 14.5. The molecule has 24 heavy (non-hydrogen) atoms. The number of aliphatic hydroxyl groups is 1. The predicted octanol–water partition coefficient (Wildman–Crippen LogP) is 2.69. The van der Waals surface area contributed by atoms with Crippen LogP contribution in [0.3, 0.4) is 0 Å². The van der Waals surface area contributed by atoms with Crippen molar-refractivity contribution in [2.24, 2.45) is 5.92 Å². The molecule has 2 fully saturated rings. The molecule has 1 aliphatic carbocycles. The largest absolute Gasteiger partial charge is 0.468 e. The molecule has 1 aliphatic heterocycles. The van der Waals surface area contributed by atoms with Crippen molar-refractivity contribution in [2.75, 3.05) is 19.6 Å². The summed E-state index contributed by atoms with van der Waals surface area (Å²) in [5.74, 6) is 1.48. The highest BCUT2D eigenvalue weighted by Gasteiger charge is 2.41. The molecule has 0 spiro atoms. The Balaban J connectivity index is 1.47. The summed E-state index contributed by atoms with van der Waals surface area (Å²) in [4.78, 5) is 14.6. The third-order valence-electron chi connectivity index (χ3n) is 5.53. The summed E-state index contributed by atoms with van der Waals surface area (Å²) in [6.45, 7) is 2.40. The van der Waals surface area contributed by atoms with E-state index >= 15 is 0 Å². The van der Waals surface area contributed by atoms with Gasteiger partial charge in [-0.15, -0.1) is 0 Å². The molecule has 5 nitrogen and oxygen atoms in total. The van der Waals surface area contributed by atoms with Crippen molar-refractivity contribution in [2.45, 2.75) is 63.5 Å². The number of likely N-dealkylation sites (tertiary alicyclic amines) is 1. The number of amides is 1. The Hall–Kier alpha value is -1.33. The number of hydrogen-bond donors (Lipinski definition) is 2. The van der Waals surface area contributed by atoms with Crippen molar-refractivity contribution in [1.29, 1.82) is 0 Å². The second kappa shape index (κ2) is 8.17. The quantitative estimate of drug-likeness (QED) is 0.805. The van der Waals surface area contributed by atoms with Gasteiger partial charge < -0.3 is 19.7 Å². The van der Waals surface area contributed by atoms with Crippen LogP contribution in [0.25, 0.3) is 0 Å². The molecule has 1 aromatic heterocycles. The zero-order valence-electron chi connectivity index (χ0n) is 14.5. The minimum atomic E-state index is -1.27. The van der Waals surface area contributed by atoms with Gasteiger partial charge in [0.25, 0.3) is 5.91 Å². The first-order valence-corrected chi connectivity index (χ1v) is 9.42. The molecule has 1 saturated heterocycles. The van der Waals surface area contributed by atoms with Crippen molar-refractivity contribution in [1.82, 2.24) is 10.2 Å². The number of furan rings is 1. The van der Waals surface area contributed by atoms with Crippen LogP contribution in [0, 0.1) is 5.92 Å². The molecule has 134 valence electrons. The van der Waals surface area contributed by atoms with Crippen LogP contribution in [-0.4, -0.2) is 41.1 Å². The third-order valence-corrected chi connectivity index (χ3v) is 5.53. The van der Waals surface area contributed by atoms with Crippen molar-refractivity contribution < 1.29 is 14.3 Å². The van der Waals surface area contributed by atoms with Gasteiger partial charge in [-0.05, 0) is 37.3 Å². The van der Waals surface area contributed by atoms with E-state index in [1.165, 1.54) is 32.1 Å². The van der Waals surface area contributed by atoms with Crippen LogP contribution >= 0.6 is 0 Å². The van der Waals surface area contributed by atoms with Gasteiger partial charge in [-0.2, -0.15) is 0 Å². The van der Waals surface area contributed by atoms with Gasteiger partial charge in [-0.25, -0.2) is 0 Å². The lowest BCUT2D eigenvalue weighted by Gasteiger charge is -2.39. The summed E-state index contributed by atoms with van der Waals surface area (Å²) < 4.78 is 5.27. The topological polar surface area (TPSA) is 65.7 Å². The van der Waals surface area contributed by atoms with Crippen LogP contribution in [0.1, 0.15) is 57.1 Å². The Kier molecular flexibility index (Phi) is 5.95. The number of carbonyl (C=O) groups excluding carboxylic acids is 1. The highest BCUT2D eigenvalue weighted by Crippen LogP contribution is 2.28. The van der Waals surface area contributed by atoms with Gasteiger partial charge in [0, 0.05) is 19.6 Å². The SMILES string of the molecule is O=C1N(CCC2CCCCC2)CCC[C@@]1(O)CNCc1ccco1. The van der Waals surface area contributed by atoms with Gasteiger partial charge in [0.15, 0.2) is 5.60 Å². The van der Waals surface area contributed by atoms with E-state index < -0.39 is 5.60 Å². The average Bonchev–Trinajstić information content (AvgIpc) is 3.11. The van der Waals surface area contributed by atoms with Crippen molar-refractivity contribution in [3.05, 3.63) is 24.2 Å². The summed E-state index contributed by atoms with van der Waals surface area (Å²) in [7, 11) is 0. The Morgan fingerprint density at radius 2 is 2.12 bits per heavy atom. The fourth-order valence-electron chi connectivity index (χ4n) is 4.06. The average molecular weight is 334 g/mol. The highest BCUT2D eigenvalue weighted by molar-refractivity contribution is 5.86. The van der Waals surface area contributed by atoms with E-state index in [-0.39, 0.29) is 12.5 Å². The molecule has 0 unspecified atom stereocenters. The minimum Gasteiger partial charge on any atom is -0.468 e. The maximum absolute atomic E-state index is 12.7. The summed E-state index contributed by atoms with van der Waals surface area (Å²) in [5, 5.41) is 14.0. The lowest BCUT2D eigenvalue weighted by molar-refractivity contribution is -0.156. The minimum absolute atomic E-state index is 0.100. The van der Waals surface area contributed by atoms with Crippen molar-refractivity contribution in [3.63, 3.8) is 0 Å². The van der Waals surface area contributed by atoms with E-state index in [0.717, 1.165) is 37.6 Å². The molecular formula is C19H30N2O3. The standard InChI is InChI=1S/C19H30N2O3/c22-18-19(23,15-20-14-17-8-4-13-24-17)10-5-11-21(18)12-9-16-6-2-1-3-7-16/h4,8,13,16,20,23H,1-3,5-7,9-12,14-15H2/t19-/m1/s1. The van der Waals surface area contributed by atoms with E-state index in [1.54, 1.807) is 6.26 Å². The van der Waals surface area contributed by atoms with Gasteiger partial charge in [-0.1, -0.05) is 32.1 Å². The van der Waals surface area contributed by atoms with E-state index in [4.69, 9.17) is 4.42 Å². The van der Waals surface area contributed by atoms with Crippen LogP contribution in [0.4, 0.5) is 0 Å². The summed E-state index contributed by atoms with van der Waals surface area (Å²) >= 11 is 0. The zero-order chi connectivity index (χ0) is 16.8. The molecule has 0 aromatic carbocycles. The van der Waals surface area contributed by atoms with E-state index in [0.29, 0.717) is 13.0 Å². The first-order valence-electron chi connectivity index (χ1n) is 9.42. The van der Waals surface area contributed by atoms with Gasteiger partial charge >= 0.3 is 0 Å². The molecule has 5 heteroatoms. The molecule has 1 aromatic rings. The molecule has 0 radical (unpaired) electrons. The van der Waals surface area contributed by atoms with Crippen LogP contribution < -0.4 is 5.32 Å². The fourth-order valence-corrected chi connectivity index (χ4v) is 4.06. The smallest absolute Gasteiger partial charge is 0.255 e. The number of carbonyl (C=O) groups is 1. The van der Waals surface area contributed by atoms with E-state index in [1.807, 2.05) is 17.0 Å². The van der Waals surface area contributed by atoms with Gasteiger partial charge in [-0.3, -0.25) is 4.79 Å². The summed E-state index contributed by atoms with van der Waals surface area (Å²) in [6.07, 6.45) is 10.8. The Bertz CT molecular complexity index is 511. The number of nitrogens with one attached hydrogen (secondary N) is 1. The summed E-state index contributed by atoms with van der Waals surface area (Å²) in [5.41, 5.74) is -1.27. The van der Waals surface area contributed by atoms with Crippen LogP contribution in [0.5, 0.6) is 0 Å². The van der Waals surface area contributed by atoms with E-state index in [9.17, 15) is 9.90 Å². The first-order chi connectivity index (χ1) is 11.7. The Morgan fingerprint density at radius 1 is 1.29 bits per heavy atom. The second-order valence-corrected chi connectivity index (χ2v) is 7.40. The number of piperidine rings is 1. The Morgan fingerprint density at radius 3 is 2.88 bits per heavy atom. The van der Waals surface area contributed by atoms with Gasteiger partial charge in [0.1, 0.15) is 5.76 Å². The lowest BCUT2D eigenvalue weighted by Crippen LogP contribution is -2.58. The number of hydrogen-bond acceptors (Lipinski definition) is 4. The van der Waals surface area contributed by atoms with Crippen LogP contribution in [0.2, 0.25) is 0 Å². The molecule has 2 heterocycles. The molecular weight excluding hydrogens is 304 g/mol. The summed E-state index contributed by atoms with van der Waals surface area (Å²) in [6, 6.07) is 3.72. The van der Waals surface area contributed by atoms with Gasteiger partial charge in [0.2, 0.25) is 0 Å². The molecule has 2 N–H and O–H groups in total. The number of nitrogens with zero attached hydrogens (tertiary/aromatic N) is 1. The lowest BCUT2D eigenvalue weighted by atomic mass is 9.86.